The van der Waals surface area contributed by atoms with Crippen molar-refractivity contribution in [2.24, 2.45) is 0 Å². The molecule has 0 N–H and O–H groups in total. The Bertz CT molecular complexity index is 1300. The molecule has 198 valence electrons. The van der Waals surface area contributed by atoms with Crippen molar-refractivity contribution in [1.29, 1.82) is 0 Å². The average Bonchev–Trinajstić information content (AvgIpc) is 3.14. The highest BCUT2D eigenvalue weighted by Gasteiger charge is 2.37. The molecule has 3 aromatic rings. The smallest absolute Gasteiger partial charge is 0.356 e. The highest BCUT2D eigenvalue weighted by molar-refractivity contribution is 6.30. The molecule has 37 heavy (non-hydrogen) atoms. The quantitative estimate of drug-likeness (QED) is 0.309. The largest absolute Gasteiger partial charge is 0.420 e. The van der Waals surface area contributed by atoms with E-state index in [1.54, 1.807) is 27.7 Å². The van der Waals surface area contributed by atoms with Gasteiger partial charge in [-0.1, -0.05) is 11.6 Å². The fourth-order valence-electron chi connectivity index (χ4n) is 4.90. The van der Waals surface area contributed by atoms with Crippen LogP contribution in [0, 0.1) is 5.95 Å². The molecule has 2 aliphatic rings. The van der Waals surface area contributed by atoms with Gasteiger partial charge >= 0.3 is 12.4 Å². The predicted octanol–water partition coefficient (Wildman–Crippen LogP) is 5.74. The summed E-state index contributed by atoms with van der Waals surface area (Å²) in [6.45, 7) is -0.402. The zero-order chi connectivity index (χ0) is 26.5. The van der Waals surface area contributed by atoms with Crippen molar-refractivity contribution in [2.75, 3.05) is 24.5 Å². The number of hydrogen-bond donors (Lipinski definition) is 0. The SMILES string of the molecule is Fc1nc(N2CCC(c3nnc4n3-c3ccc(Cl)cc3CN(CC(F)(F)F)C4)CC2)ccc1C(F)(F)F. The Kier molecular flexibility index (Phi) is 6.55. The third-order valence-electron chi connectivity index (χ3n) is 6.52. The monoisotopic (exact) mass is 548 g/mol. The summed E-state index contributed by atoms with van der Waals surface area (Å²) in [5.41, 5.74) is -0.160. The highest BCUT2D eigenvalue weighted by atomic mass is 35.5. The van der Waals surface area contributed by atoms with Crippen LogP contribution < -0.4 is 4.90 Å². The third-order valence-corrected chi connectivity index (χ3v) is 6.76. The van der Waals surface area contributed by atoms with Crippen molar-refractivity contribution in [3.8, 4) is 5.69 Å². The van der Waals surface area contributed by atoms with Crippen molar-refractivity contribution >= 4 is 17.4 Å². The van der Waals surface area contributed by atoms with E-state index in [1.165, 1.54) is 4.90 Å². The first-order chi connectivity index (χ1) is 17.4. The van der Waals surface area contributed by atoms with Crippen LogP contribution >= 0.6 is 11.6 Å². The molecule has 0 saturated carbocycles. The summed E-state index contributed by atoms with van der Waals surface area (Å²) in [5, 5.41) is 8.92. The van der Waals surface area contributed by atoms with E-state index in [-0.39, 0.29) is 24.8 Å². The fourth-order valence-corrected chi connectivity index (χ4v) is 5.09. The first-order valence-electron chi connectivity index (χ1n) is 11.4. The lowest BCUT2D eigenvalue weighted by Crippen LogP contribution is -2.34. The molecule has 0 aliphatic carbocycles. The first kappa shape index (κ1) is 25.7. The van der Waals surface area contributed by atoms with Crippen molar-refractivity contribution in [1.82, 2.24) is 24.6 Å². The van der Waals surface area contributed by atoms with Gasteiger partial charge in [-0.25, -0.2) is 4.98 Å². The number of rotatable bonds is 3. The number of anilines is 1. The number of fused-ring (bicyclic) bond motifs is 3. The number of alkyl halides is 6. The first-order valence-corrected chi connectivity index (χ1v) is 11.8. The molecule has 0 atom stereocenters. The van der Waals surface area contributed by atoms with Crippen molar-refractivity contribution in [2.45, 2.75) is 44.2 Å². The predicted molar refractivity (Wildman–Crippen MR) is 120 cm³/mol. The fraction of sp³-hybridized carbons (Fsp3) is 0.435. The molecule has 0 spiro atoms. The summed E-state index contributed by atoms with van der Waals surface area (Å²) in [7, 11) is 0. The third kappa shape index (κ3) is 5.37. The van der Waals surface area contributed by atoms with Gasteiger partial charge in [-0.05, 0) is 48.7 Å². The number of piperidine rings is 1. The van der Waals surface area contributed by atoms with Crippen LogP contribution in [-0.4, -0.2) is 50.5 Å². The maximum Gasteiger partial charge on any atom is 0.420 e. The van der Waals surface area contributed by atoms with Gasteiger partial charge in [0, 0.05) is 30.6 Å². The Labute approximate surface area is 211 Å². The van der Waals surface area contributed by atoms with Gasteiger partial charge in [-0.3, -0.25) is 9.47 Å². The molecule has 2 aliphatic heterocycles. The summed E-state index contributed by atoms with van der Waals surface area (Å²) in [4.78, 5) is 6.43. The van der Waals surface area contributed by atoms with Gasteiger partial charge in [-0.15, -0.1) is 10.2 Å². The number of aromatic nitrogens is 4. The van der Waals surface area contributed by atoms with Crippen molar-refractivity contribution in [3.05, 3.63) is 64.1 Å². The van der Waals surface area contributed by atoms with Crippen LogP contribution in [0.2, 0.25) is 5.02 Å². The lowest BCUT2D eigenvalue weighted by atomic mass is 9.95. The van der Waals surface area contributed by atoms with Gasteiger partial charge in [-0.2, -0.15) is 30.7 Å². The van der Waals surface area contributed by atoms with Crippen LogP contribution in [0.3, 0.4) is 0 Å². The molecule has 0 bridgehead atoms. The van der Waals surface area contributed by atoms with Crippen LogP contribution in [0.15, 0.2) is 30.3 Å². The van der Waals surface area contributed by atoms with Gasteiger partial charge in [0.2, 0.25) is 5.95 Å². The van der Waals surface area contributed by atoms with Crippen LogP contribution in [0.25, 0.3) is 5.69 Å². The zero-order valence-corrected chi connectivity index (χ0v) is 19.9. The van der Waals surface area contributed by atoms with Gasteiger partial charge < -0.3 is 4.90 Å². The van der Waals surface area contributed by atoms with E-state index in [4.69, 9.17) is 11.6 Å². The molecular weight excluding hydrogens is 529 g/mol. The van der Waals surface area contributed by atoms with Crippen LogP contribution in [-0.2, 0) is 19.3 Å². The van der Waals surface area contributed by atoms with E-state index in [9.17, 15) is 30.7 Å². The van der Waals surface area contributed by atoms with Crippen LogP contribution in [0.1, 0.15) is 41.5 Å². The molecule has 1 fully saturated rings. The van der Waals surface area contributed by atoms with E-state index in [0.717, 1.165) is 6.07 Å². The van der Waals surface area contributed by atoms with Crippen LogP contribution in [0.5, 0.6) is 0 Å². The van der Waals surface area contributed by atoms with Crippen molar-refractivity contribution < 1.29 is 30.7 Å². The number of benzene rings is 1. The van der Waals surface area contributed by atoms with Crippen LogP contribution in [0.4, 0.5) is 36.6 Å². The molecule has 5 rings (SSSR count). The number of pyridine rings is 1. The zero-order valence-electron chi connectivity index (χ0n) is 19.1. The molecule has 2 aromatic heterocycles. The molecule has 1 aromatic carbocycles. The molecular formula is C23H20ClF7N6. The number of hydrogen-bond acceptors (Lipinski definition) is 5. The standard InChI is InChI=1S/C23H20ClF7N6/c24-15-1-3-17-14(9-15)10-35(12-22(26,27)28)11-19-33-34-21(37(17)19)13-5-7-36(8-6-13)18-4-2-16(20(25)32-18)23(29,30)31/h1-4,9,13H,5-8,10-12H2. The lowest BCUT2D eigenvalue weighted by molar-refractivity contribution is -0.148. The highest BCUT2D eigenvalue weighted by Crippen LogP contribution is 2.36. The summed E-state index contributed by atoms with van der Waals surface area (Å²) in [5.74, 6) is -0.650. The molecule has 0 radical (unpaired) electrons. The van der Waals surface area contributed by atoms with E-state index in [2.05, 4.69) is 15.2 Å². The number of halogens is 8. The van der Waals surface area contributed by atoms with E-state index >= 15 is 0 Å². The summed E-state index contributed by atoms with van der Waals surface area (Å²) >= 11 is 6.14. The average molecular weight is 549 g/mol. The second kappa shape index (κ2) is 9.43. The molecule has 14 heteroatoms. The lowest BCUT2D eigenvalue weighted by Gasteiger charge is -2.32. The normalized spacial score (nSPS) is 17.5. The maximum absolute atomic E-state index is 14.0. The number of nitrogens with zero attached hydrogens (tertiary/aromatic N) is 6. The Morgan fingerprint density at radius 2 is 1.68 bits per heavy atom. The Balaban J connectivity index is 1.39. The Morgan fingerprint density at radius 1 is 0.946 bits per heavy atom. The van der Waals surface area contributed by atoms with Gasteiger partial charge in [0.15, 0.2) is 5.82 Å². The second-order valence-electron chi connectivity index (χ2n) is 9.11. The molecule has 1 saturated heterocycles. The maximum atomic E-state index is 14.0. The van der Waals surface area contributed by atoms with Gasteiger partial charge in [0.1, 0.15) is 17.2 Å². The second-order valence-corrected chi connectivity index (χ2v) is 9.55. The molecule has 4 heterocycles. The molecule has 6 nitrogen and oxygen atoms in total. The summed E-state index contributed by atoms with van der Waals surface area (Å²) < 4.78 is 93.9. The van der Waals surface area contributed by atoms with Gasteiger partial charge in [0.05, 0.1) is 18.8 Å². The topological polar surface area (TPSA) is 50.1 Å². The minimum atomic E-state index is -4.83. The summed E-state index contributed by atoms with van der Waals surface area (Å²) in [6.07, 6.45) is -8.20. The minimum Gasteiger partial charge on any atom is -0.356 e. The van der Waals surface area contributed by atoms with E-state index < -0.39 is 30.4 Å². The molecule has 0 amide bonds. The Morgan fingerprint density at radius 3 is 2.32 bits per heavy atom. The molecule has 0 unspecified atom stereocenters. The van der Waals surface area contributed by atoms with E-state index in [1.807, 2.05) is 0 Å². The van der Waals surface area contributed by atoms with Gasteiger partial charge in [0.25, 0.3) is 0 Å². The minimum absolute atomic E-state index is 0.0296. The Hall–Kier alpha value is -2.93. The summed E-state index contributed by atoms with van der Waals surface area (Å²) in [6, 6.07) is 6.84. The van der Waals surface area contributed by atoms with E-state index in [0.29, 0.717) is 59.9 Å². The van der Waals surface area contributed by atoms with Crippen molar-refractivity contribution in [3.63, 3.8) is 0 Å².